The highest BCUT2D eigenvalue weighted by Gasteiger charge is 2.17. The monoisotopic (exact) mass is 267 g/mol. The van der Waals surface area contributed by atoms with Crippen LogP contribution in [0.15, 0.2) is 0 Å². The van der Waals surface area contributed by atoms with Crippen molar-refractivity contribution in [1.82, 2.24) is 5.32 Å². The molecule has 1 N–H and O–H groups in total. The molecule has 0 radical (unpaired) electrons. The molecule has 0 aromatic rings. The van der Waals surface area contributed by atoms with E-state index in [0.717, 1.165) is 18.6 Å². The van der Waals surface area contributed by atoms with E-state index in [9.17, 15) is 0 Å². The molecule has 0 amide bonds. The maximum Gasteiger partial charge on any atom is 0.0576 e. The molecule has 1 saturated carbocycles. The average molecular weight is 267 g/mol. The zero-order valence-electron chi connectivity index (χ0n) is 12.8. The van der Waals surface area contributed by atoms with Crippen molar-refractivity contribution >= 4 is 0 Å². The Kier molecular flexibility index (Phi) is 7.23. The van der Waals surface area contributed by atoms with Crippen LogP contribution in [0.2, 0.25) is 0 Å². The van der Waals surface area contributed by atoms with Gasteiger partial charge in [-0.2, -0.15) is 0 Å². The van der Waals surface area contributed by atoms with Gasteiger partial charge >= 0.3 is 0 Å². The quantitative estimate of drug-likeness (QED) is 0.708. The van der Waals surface area contributed by atoms with Gasteiger partial charge in [0.25, 0.3) is 0 Å². The Hall–Kier alpha value is -0.0800. The topological polar surface area (TPSA) is 21.3 Å². The van der Waals surface area contributed by atoms with Gasteiger partial charge in [-0.25, -0.2) is 0 Å². The van der Waals surface area contributed by atoms with Crippen LogP contribution >= 0.6 is 0 Å². The maximum absolute atomic E-state index is 5.70. The molecule has 1 aliphatic carbocycles. The van der Waals surface area contributed by atoms with Gasteiger partial charge in [0.05, 0.1) is 6.10 Å². The summed E-state index contributed by atoms with van der Waals surface area (Å²) >= 11 is 0. The fraction of sp³-hybridized carbons (Fsp3) is 1.00. The third-order valence-corrected chi connectivity index (χ3v) is 5.16. The molecule has 19 heavy (non-hydrogen) atoms. The van der Waals surface area contributed by atoms with Gasteiger partial charge in [-0.1, -0.05) is 32.1 Å². The van der Waals surface area contributed by atoms with E-state index >= 15 is 0 Å². The second-order valence-corrected chi connectivity index (χ2v) is 6.63. The van der Waals surface area contributed by atoms with Gasteiger partial charge in [-0.15, -0.1) is 0 Å². The lowest BCUT2D eigenvalue weighted by Crippen LogP contribution is -2.26. The Morgan fingerprint density at radius 2 is 1.84 bits per heavy atom. The fourth-order valence-corrected chi connectivity index (χ4v) is 3.81. The molecule has 0 aromatic carbocycles. The van der Waals surface area contributed by atoms with Crippen LogP contribution in [0.25, 0.3) is 0 Å². The molecule has 1 aliphatic heterocycles. The number of ether oxygens (including phenoxy) is 1. The molecule has 1 saturated heterocycles. The largest absolute Gasteiger partial charge is 0.378 e. The second-order valence-electron chi connectivity index (χ2n) is 6.63. The third kappa shape index (κ3) is 5.83. The zero-order chi connectivity index (χ0) is 13.3. The van der Waals surface area contributed by atoms with E-state index in [2.05, 4.69) is 12.4 Å². The molecule has 112 valence electrons. The van der Waals surface area contributed by atoms with Gasteiger partial charge < -0.3 is 10.1 Å². The number of hydrogen-bond acceptors (Lipinski definition) is 2. The zero-order valence-corrected chi connectivity index (χ0v) is 12.8. The number of rotatable bonds is 8. The van der Waals surface area contributed by atoms with E-state index in [-0.39, 0.29) is 0 Å². The molecule has 0 spiro atoms. The summed E-state index contributed by atoms with van der Waals surface area (Å²) in [6.45, 7) is 1.00. The van der Waals surface area contributed by atoms with Crippen molar-refractivity contribution in [2.75, 3.05) is 13.7 Å². The summed E-state index contributed by atoms with van der Waals surface area (Å²) in [7, 11) is 2.14. The maximum atomic E-state index is 5.70. The summed E-state index contributed by atoms with van der Waals surface area (Å²) in [5.41, 5.74) is 0. The minimum atomic E-state index is 0.579. The van der Waals surface area contributed by atoms with Crippen molar-refractivity contribution in [3.05, 3.63) is 0 Å². The Labute approximate surface area is 119 Å². The first-order chi connectivity index (χ1) is 9.38. The highest BCUT2D eigenvalue weighted by atomic mass is 16.5. The minimum Gasteiger partial charge on any atom is -0.378 e. The van der Waals surface area contributed by atoms with Crippen molar-refractivity contribution in [3.63, 3.8) is 0 Å². The summed E-state index contributed by atoms with van der Waals surface area (Å²) in [5, 5.41) is 3.53. The molecule has 2 aliphatic rings. The molecular formula is C17H33NO. The smallest absolute Gasteiger partial charge is 0.0576 e. The van der Waals surface area contributed by atoms with Gasteiger partial charge in [0.1, 0.15) is 0 Å². The summed E-state index contributed by atoms with van der Waals surface area (Å²) in [6, 6.07) is 0.739. The van der Waals surface area contributed by atoms with Gasteiger partial charge in [-0.3, -0.25) is 0 Å². The van der Waals surface area contributed by atoms with Crippen LogP contribution in [0.1, 0.15) is 77.0 Å². The standard InChI is InChI=1S/C17H33NO/c1-18-16(9-5-10-17-11-6-14-19-17)13-12-15-7-3-2-4-8-15/h15-18H,2-14H2,1H3. The van der Waals surface area contributed by atoms with E-state index in [1.54, 1.807) is 0 Å². The van der Waals surface area contributed by atoms with Crippen LogP contribution < -0.4 is 5.32 Å². The first-order valence-corrected chi connectivity index (χ1v) is 8.67. The van der Waals surface area contributed by atoms with Gasteiger partial charge in [-0.05, 0) is 57.9 Å². The summed E-state index contributed by atoms with van der Waals surface area (Å²) in [6.07, 6.45) is 17.4. The van der Waals surface area contributed by atoms with Gasteiger partial charge in [0.2, 0.25) is 0 Å². The van der Waals surface area contributed by atoms with Crippen molar-refractivity contribution in [1.29, 1.82) is 0 Å². The van der Waals surface area contributed by atoms with E-state index in [0.29, 0.717) is 6.10 Å². The highest BCUT2D eigenvalue weighted by Crippen LogP contribution is 2.28. The molecule has 0 aromatic heterocycles. The minimum absolute atomic E-state index is 0.579. The van der Waals surface area contributed by atoms with E-state index in [4.69, 9.17) is 4.74 Å². The van der Waals surface area contributed by atoms with Crippen LogP contribution in [0.5, 0.6) is 0 Å². The predicted octanol–water partition coefficient (Wildman–Crippen LogP) is 4.28. The lowest BCUT2D eigenvalue weighted by atomic mass is 9.84. The first-order valence-electron chi connectivity index (χ1n) is 8.67. The molecular weight excluding hydrogens is 234 g/mol. The normalized spacial score (nSPS) is 26.7. The molecule has 2 nitrogen and oxygen atoms in total. The third-order valence-electron chi connectivity index (χ3n) is 5.16. The summed E-state index contributed by atoms with van der Waals surface area (Å²) < 4.78 is 5.70. The fourth-order valence-electron chi connectivity index (χ4n) is 3.81. The van der Waals surface area contributed by atoms with Gasteiger partial charge in [0, 0.05) is 12.6 Å². The van der Waals surface area contributed by atoms with Crippen LogP contribution in [-0.2, 0) is 4.74 Å². The average Bonchev–Trinajstić information content (AvgIpc) is 2.97. The molecule has 2 atom stereocenters. The van der Waals surface area contributed by atoms with Crippen molar-refractivity contribution in [2.24, 2.45) is 5.92 Å². The molecule has 2 unspecified atom stereocenters. The Morgan fingerprint density at radius 3 is 2.53 bits per heavy atom. The lowest BCUT2D eigenvalue weighted by Gasteiger charge is -2.24. The van der Waals surface area contributed by atoms with E-state index < -0.39 is 0 Å². The first kappa shape index (κ1) is 15.3. The Morgan fingerprint density at radius 1 is 1.00 bits per heavy atom. The van der Waals surface area contributed by atoms with Crippen LogP contribution in [0, 0.1) is 5.92 Å². The molecule has 2 rings (SSSR count). The molecule has 2 heteroatoms. The van der Waals surface area contributed by atoms with Crippen molar-refractivity contribution < 1.29 is 4.74 Å². The highest BCUT2D eigenvalue weighted by molar-refractivity contribution is 4.72. The Balaban J connectivity index is 1.54. The van der Waals surface area contributed by atoms with Crippen molar-refractivity contribution in [3.8, 4) is 0 Å². The molecule has 2 fully saturated rings. The van der Waals surface area contributed by atoms with E-state index in [1.165, 1.54) is 77.0 Å². The van der Waals surface area contributed by atoms with Crippen LogP contribution in [0.4, 0.5) is 0 Å². The van der Waals surface area contributed by atoms with Crippen LogP contribution in [0.3, 0.4) is 0 Å². The molecule has 1 heterocycles. The van der Waals surface area contributed by atoms with Crippen molar-refractivity contribution in [2.45, 2.75) is 89.2 Å². The van der Waals surface area contributed by atoms with Gasteiger partial charge in [0.15, 0.2) is 0 Å². The summed E-state index contributed by atoms with van der Waals surface area (Å²) in [5.74, 6) is 1.03. The van der Waals surface area contributed by atoms with E-state index in [1.807, 2.05) is 0 Å². The summed E-state index contributed by atoms with van der Waals surface area (Å²) in [4.78, 5) is 0. The number of hydrogen-bond donors (Lipinski definition) is 1. The predicted molar refractivity (Wildman–Crippen MR) is 81.5 cm³/mol. The van der Waals surface area contributed by atoms with Crippen LogP contribution in [-0.4, -0.2) is 25.8 Å². The SMILES string of the molecule is CNC(CCCC1CCCO1)CCC1CCCCC1. The molecule has 0 bridgehead atoms. The lowest BCUT2D eigenvalue weighted by molar-refractivity contribution is 0.101. The Bertz CT molecular complexity index is 219. The number of nitrogens with one attached hydrogen (secondary N) is 1. The second kappa shape index (κ2) is 8.97.